The highest BCUT2D eigenvalue weighted by Crippen LogP contribution is 2.26. The number of rotatable bonds is 3. The van der Waals surface area contributed by atoms with Gasteiger partial charge in [-0.05, 0) is 43.7 Å². The fourth-order valence-electron chi connectivity index (χ4n) is 2.72. The summed E-state index contributed by atoms with van der Waals surface area (Å²) in [5.74, 6) is 0.208. The first kappa shape index (κ1) is 16.7. The number of nitrogens with zero attached hydrogens (tertiary/aromatic N) is 2. The lowest BCUT2D eigenvalue weighted by Crippen LogP contribution is -2.16. The molecule has 1 aromatic heterocycles. The van der Waals surface area contributed by atoms with E-state index in [1.807, 2.05) is 36.6 Å². The third-order valence-electron chi connectivity index (χ3n) is 3.78. The van der Waals surface area contributed by atoms with Gasteiger partial charge in [0.2, 0.25) is 0 Å². The predicted octanol–water partition coefficient (Wildman–Crippen LogP) is 4.43. The van der Waals surface area contributed by atoms with E-state index in [1.54, 1.807) is 25.3 Å². The lowest BCUT2D eigenvalue weighted by molar-refractivity contribution is 0.0995. The molecule has 2 aromatic carbocycles. The second kappa shape index (κ2) is 6.79. The fraction of sp³-hybridized carbons (Fsp3) is 0.222. The second-order valence-electron chi connectivity index (χ2n) is 5.32. The van der Waals surface area contributed by atoms with E-state index in [-0.39, 0.29) is 5.91 Å². The van der Waals surface area contributed by atoms with Crippen LogP contribution in [0.2, 0.25) is 5.02 Å². The molecule has 0 fully saturated rings. The van der Waals surface area contributed by atoms with Crippen LogP contribution in [-0.2, 0) is 6.54 Å². The van der Waals surface area contributed by atoms with Crippen molar-refractivity contribution in [3.05, 3.63) is 57.3 Å². The van der Waals surface area contributed by atoms with Crippen molar-refractivity contribution in [2.75, 3.05) is 7.11 Å². The molecule has 0 radical (unpaired) electrons. The Balaban J connectivity index is 2.20. The zero-order chi connectivity index (χ0) is 17.3. The summed E-state index contributed by atoms with van der Waals surface area (Å²) in [4.78, 5) is 17.6. The molecule has 1 amide bonds. The zero-order valence-corrected chi connectivity index (χ0v) is 15.2. The molecule has 0 saturated heterocycles. The van der Waals surface area contributed by atoms with Crippen LogP contribution in [0, 0.1) is 6.92 Å². The Bertz CT molecular complexity index is 988. The molecule has 3 rings (SSSR count). The van der Waals surface area contributed by atoms with E-state index in [0.717, 1.165) is 22.3 Å². The van der Waals surface area contributed by atoms with Crippen molar-refractivity contribution >= 4 is 39.1 Å². The average molecular weight is 361 g/mol. The highest BCUT2D eigenvalue weighted by atomic mass is 35.5. The van der Waals surface area contributed by atoms with Gasteiger partial charge in [0.25, 0.3) is 5.91 Å². The van der Waals surface area contributed by atoms with Gasteiger partial charge < -0.3 is 9.30 Å². The first-order chi connectivity index (χ1) is 11.5. The highest BCUT2D eigenvalue weighted by Gasteiger charge is 2.13. The Labute approximate surface area is 149 Å². The molecule has 124 valence electrons. The highest BCUT2D eigenvalue weighted by molar-refractivity contribution is 7.16. The number of hydrogen-bond acceptors (Lipinski definition) is 3. The maximum atomic E-state index is 12.6. The van der Waals surface area contributed by atoms with E-state index in [2.05, 4.69) is 4.99 Å². The van der Waals surface area contributed by atoms with Gasteiger partial charge in [-0.3, -0.25) is 4.79 Å². The summed E-state index contributed by atoms with van der Waals surface area (Å²) in [6, 6.07) is 10.9. The normalized spacial score (nSPS) is 11.9. The number of thiazole rings is 1. The van der Waals surface area contributed by atoms with Crippen molar-refractivity contribution in [2.45, 2.75) is 20.4 Å². The molecule has 0 spiro atoms. The van der Waals surface area contributed by atoms with Crippen LogP contribution < -0.4 is 9.54 Å². The minimum absolute atomic E-state index is 0.315. The van der Waals surface area contributed by atoms with Gasteiger partial charge in [-0.25, -0.2) is 0 Å². The van der Waals surface area contributed by atoms with Crippen LogP contribution in [0.5, 0.6) is 5.75 Å². The van der Waals surface area contributed by atoms with Crippen molar-refractivity contribution in [2.24, 2.45) is 4.99 Å². The Hall–Kier alpha value is -2.11. The summed E-state index contributed by atoms with van der Waals surface area (Å²) < 4.78 is 8.32. The van der Waals surface area contributed by atoms with Gasteiger partial charge in [0, 0.05) is 11.6 Å². The van der Waals surface area contributed by atoms with E-state index < -0.39 is 0 Å². The fourth-order valence-corrected chi connectivity index (χ4v) is 4.27. The zero-order valence-electron chi connectivity index (χ0n) is 13.7. The van der Waals surface area contributed by atoms with Gasteiger partial charge in [-0.2, -0.15) is 4.99 Å². The van der Waals surface area contributed by atoms with E-state index in [4.69, 9.17) is 16.3 Å². The number of amides is 1. The maximum absolute atomic E-state index is 12.6. The average Bonchev–Trinajstić information content (AvgIpc) is 2.91. The number of halogens is 1. The quantitative estimate of drug-likeness (QED) is 0.693. The first-order valence-corrected chi connectivity index (χ1v) is 8.76. The lowest BCUT2D eigenvalue weighted by atomic mass is 10.2. The molecule has 0 bridgehead atoms. The topological polar surface area (TPSA) is 43.6 Å². The predicted molar refractivity (Wildman–Crippen MR) is 98.1 cm³/mol. The minimum atomic E-state index is -0.315. The van der Waals surface area contributed by atoms with Crippen LogP contribution >= 0.6 is 22.9 Å². The smallest absolute Gasteiger partial charge is 0.283 e. The Morgan fingerprint density at radius 3 is 2.79 bits per heavy atom. The molecule has 0 aliphatic carbocycles. The van der Waals surface area contributed by atoms with Gasteiger partial charge >= 0.3 is 0 Å². The van der Waals surface area contributed by atoms with Crippen LogP contribution in [0.1, 0.15) is 22.8 Å². The van der Waals surface area contributed by atoms with Crippen molar-refractivity contribution < 1.29 is 9.53 Å². The van der Waals surface area contributed by atoms with E-state index in [0.29, 0.717) is 21.1 Å². The summed E-state index contributed by atoms with van der Waals surface area (Å²) in [5, 5.41) is 0.687. The number of hydrogen-bond donors (Lipinski definition) is 0. The number of para-hydroxylation sites is 1. The van der Waals surface area contributed by atoms with Gasteiger partial charge in [0.05, 0.1) is 22.9 Å². The molecule has 0 aliphatic rings. The van der Waals surface area contributed by atoms with Gasteiger partial charge in [-0.1, -0.05) is 35.1 Å². The summed E-state index contributed by atoms with van der Waals surface area (Å²) in [6.07, 6.45) is 0. The molecule has 0 unspecified atom stereocenters. The molecule has 0 N–H and O–H groups in total. The third kappa shape index (κ3) is 2.97. The lowest BCUT2D eigenvalue weighted by Gasteiger charge is -2.05. The number of carbonyl (C=O) groups is 1. The van der Waals surface area contributed by atoms with Crippen molar-refractivity contribution in [1.29, 1.82) is 0 Å². The summed E-state index contributed by atoms with van der Waals surface area (Å²) in [6.45, 7) is 4.77. The molecule has 0 aliphatic heterocycles. The molecule has 4 nitrogen and oxygen atoms in total. The molecule has 1 heterocycles. The Morgan fingerprint density at radius 1 is 1.33 bits per heavy atom. The van der Waals surface area contributed by atoms with E-state index in [9.17, 15) is 4.79 Å². The summed E-state index contributed by atoms with van der Waals surface area (Å²) >= 11 is 7.62. The summed E-state index contributed by atoms with van der Waals surface area (Å²) in [7, 11) is 1.54. The van der Waals surface area contributed by atoms with E-state index in [1.165, 1.54) is 11.3 Å². The Kier molecular flexibility index (Phi) is 4.73. The van der Waals surface area contributed by atoms with Gasteiger partial charge in [-0.15, -0.1) is 0 Å². The monoisotopic (exact) mass is 360 g/mol. The van der Waals surface area contributed by atoms with Crippen LogP contribution in [-0.4, -0.2) is 17.6 Å². The third-order valence-corrected chi connectivity index (χ3v) is 5.03. The molecule has 6 heteroatoms. The van der Waals surface area contributed by atoms with Crippen LogP contribution in [0.4, 0.5) is 0 Å². The van der Waals surface area contributed by atoms with Gasteiger partial charge in [0.1, 0.15) is 5.75 Å². The maximum Gasteiger partial charge on any atom is 0.283 e. The van der Waals surface area contributed by atoms with Crippen molar-refractivity contribution in [3.63, 3.8) is 0 Å². The number of methoxy groups -OCH3 is 1. The number of benzene rings is 2. The van der Waals surface area contributed by atoms with Gasteiger partial charge in [0.15, 0.2) is 4.80 Å². The van der Waals surface area contributed by atoms with Crippen LogP contribution in [0.3, 0.4) is 0 Å². The minimum Gasteiger partial charge on any atom is -0.496 e. The number of aromatic nitrogens is 1. The number of fused-ring (bicyclic) bond motifs is 1. The van der Waals surface area contributed by atoms with Crippen molar-refractivity contribution in [3.8, 4) is 5.75 Å². The van der Waals surface area contributed by atoms with Crippen molar-refractivity contribution in [1.82, 2.24) is 4.57 Å². The molecule has 0 atom stereocenters. The molecule has 3 aromatic rings. The van der Waals surface area contributed by atoms with E-state index >= 15 is 0 Å². The van der Waals surface area contributed by atoms with Crippen LogP contribution in [0.15, 0.2) is 41.4 Å². The largest absolute Gasteiger partial charge is 0.496 e. The number of carbonyl (C=O) groups excluding carboxylic acids is 1. The molecule has 24 heavy (non-hydrogen) atoms. The summed E-state index contributed by atoms with van der Waals surface area (Å²) in [5.41, 5.74) is 2.59. The number of ether oxygens (including phenoxy) is 1. The molecular formula is C18H17ClN2O2S. The second-order valence-corrected chi connectivity index (χ2v) is 6.76. The standard InChI is InChI=1S/C18H17ClN2O2S/c1-4-21-16-11(2)9-12(19)10-15(16)24-18(21)20-17(22)13-7-5-6-8-14(13)23-3/h5-10H,4H2,1-3H3. The molecule has 0 saturated carbocycles. The first-order valence-electron chi connectivity index (χ1n) is 7.56. The molecular weight excluding hydrogens is 344 g/mol. The van der Waals surface area contributed by atoms with Crippen LogP contribution in [0.25, 0.3) is 10.2 Å². The Morgan fingerprint density at radius 2 is 2.08 bits per heavy atom. The number of aryl methyl sites for hydroxylation is 2. The SMILES string of the molecule is CCn1c(=NC(=O)c2ccccc2OC)sc2cc(Cl)cc(C)c21.